The Morgan fingerprint density at radius 2 is 1.88 bits per heavy atom. The average Bonchev–Trinajstić information content (AvgIpc) is 3.13. The van der Waals surface area contributed by atoms with Crippen molar-refractivity contribution in [2.75, 3.05) is 31.4 Å². The molecule has 0 radical (unpaired) electrons. The number of hydrogen-bond donors (Lipinski definition) is 0. The van der Waals surface area contributed by atoms with Crippen LogP contribution in [0.3, 0.4) is 0 Å². The van der Waals surface area contributed by atoms with Gasteiger partial charge >= 0.3 is 0 Å². The Labute approximate surface area is 178 Å². The molecule has 1 aliphatic rings. The van der Waals surface area contributed by atoms with E-state index < -0.39 is 0 Å². The number of hydrogen-bond acceptors (Lipinski definition) is 4. The van der Waals surface area contributed by atoms with E-state index in [-0.39, 0.29) is 24.0 Å². The van der Waals surface area contributed by atoms with Crippen LogP contribution in [0.1, 0.15) is 35.2 Å². The lowest BCUT2D eigenvalue weighted by atomic mass is 10.0. The predicted octanol–water partition coefficient (Wildman–Crippen LogP) is 0.677. The van der Waals surface area contributed by atoms with Gasteiger partial charge in [0.1, 0.15) is 11.4 Å². The zero-order valence-electron chi connectivity index (χ0n) is 16.3. The SMILES string of the molecule is COc1ccc(C)c(C[n+]2nc(C)c(N3CCCC3)cc2SC)c1C.[I-]. The van der Waals surface area contributed by atoms with Crippen LogP contribution in [0.15, 0.2) is 23.2 Å². The zero-order valence-corrected chi connectivity index (χ0v) is 19.3. The first-order chi connectivity index (χ1) is 12.0. The molecule has 2 aromatic rings. The molecule has 1 aliphatic heterocycles. The normalized spacial score (nSPS) is 13.7. The highest BCUT2D eigenvalue weighted by Crippen LogP contribution is 2.27. The minimum absolute atomic E-state index is 0. The molecule has 142 valence electrons. The summed E-state index contributed by atoms with van der Waals surface area (Å²) >= 11 is 1.76. The minimum atomic E-state index is 0. The molecule has 0 aliphatic carbocycles. The lowest BCUT2D eigenvalue weighted by Gasteiger charge is -2.19. The molecule has 0 bridgehead atoms. The fourth-order valence-corrected chi connectivity index (χ4v) is 4.16. The maximum absolute atomic E-state index is 5.50. The smallest absolute Gasteiger partial charge is 0.268 e. The van der Waals surface area contributed by atoms with Crippen LogP contribution >= 0.6 is 11.8 Å². The summed E-state index contributed by atoms with van der Waals surface area (Å²) in [7, 11) is 1.73. The Morgan fingerprint density at radius 1 is 1.19 bits per heavy atom. The first-order valence-corrected chi connectivity index (χ1v) is 10.1. The second-order valence-electron chi connectivity index (χ2n) is 6.70. The third-order valence-corrected chi connectivity index (χ3v) is 5.87. The summed E-state index contributed by atoms with van der Waals surface area (Å²) in [5, 5.41) is 6.14. The van der Waals surface area contributed by atoms with Crippen molar-refractivity contribution in [3.63, 3.8) is 0 Å². The highest BCUT2D eigenvalue weighted by atomic mass is 127. The highest BCUT2D eigenvalue weighted by Gasteiger charge is 2.23. The highest BCUT2D eigenvalue weighted by molar-refractivity contribution is 7.98. The van der Waals surface area contributed by atoms with E-state index in [1.54, 1.807) is 18.9 Å². The molecule has 1 saturated heterocycles. The van der Waals surface area contributed by atoms with E-state index in [0.29, 0.717) is 0 Å². The maximum Gasteiger partial charge on any atom is 0.268 e. The maximum atomic E-state index is 5.50. The van der Waals surface area contributed by atoms with E-state index in [0.717, 1.165) is 31.1 Å². The summed E-state index contributed by atoms with van der Waals surface area (Å²) in [6, 6.07) is 6.48. The molecule has 1 aromatic heterocycles. The monoisotopic (exact) mass is 485 g/mol. The first-order valence-electron chi connectivity index (χ1n) is 8.89. The van der Waals surface area contributed by atoms with E-state index in [9.17, 15) is 0 Å². The second kappa shape index (κ2) is 9.26. The van der Waals surface area contributed by atoms with Gasteiger partial charge in [0, 0.05) is 30.3 Å². The minimum Gasteiger partial charge on any atom is -1.00 e. The van der Waals surface area contributed by atoms with E-state index in [1.165, 1.54) is 40.2 Å². The number of benzene rings is 1. The topological polar surface area (TPSA) is 29.2 Å². The van der Waals surface area contributed by atoms with Gasteiger partial charge in [0.2, 0.25) is 6.54 Å². The predicted molar refractivity (Wildman–Crippen MR) is 104 cm³/mol. The van der Waals surface area contributed by atoms with Crippen molar-refractivity contribution in [1.82, 2.24) is 5.10 Å². The average molecular weight is 485 g/mol. The summed E-state index contributed by atoms with van der Waals surface area (Å²) < 4.78 is 7.64. The standard InChI is InChI=1S/C20H28N3OS.HI/c1-14-8-9-19(24-4)15(2)17(14)13-23-20(25-5)12-18(16(3)21-23)22-10-6-7-11-22;/h8-9,12H,6-7,10-11,13H2,1-5H3;1H/q+1;/p-1. The van der Waals surface area contributed by atoms with Crippen molar-refractivity contribution >= 4 is 17.4 Å². The van der Waals surface area contributed by atoms with Gasteiger partial charge in [-0.05, 0) is 56.6 Å². The van der Waals surface area contributed by atoms with Crippen LogP contribution in [0, 0.1) is 20.8 Å². The number of rotatable bonds is 5. The Bertz CT molecular complexity index is 776. The summed E-state index contributed by atoms with van der Waals surface area (Å²) in [5.41, 5.74) is 6.17. The largest absolute Gasteiger partial charge is 1.00 e. The Kier molecular flexibility index (Phi) is 7.58. The molecule has 0 atom stereocenters. The Morgan fingerprint density at radius 3 is 2.50 bits per heavy atom. The van der Waals surface area contributed by atoms with Gasteiger partial charge < -0.3 is 33.6 Å². The number of anilines is 1. The molecular weight excluding hydrogens is 457 g/mol. The van der Waals surface area contributed by atoms with Gasteiger partial charge in [-0.25, -0.2) is 0 Å². The van der Waals surface area contributed by atoms with E-state index in [4.69, 9.17) is 9.84 Å². The van der Waals surface area contributed by atoms with Crippen molar-refractivity contribution in [2.45, 2.75) is 45.2 Å². The van der Waals surface area contributed by atoms with Crippen molar-refractivity contribution < 1.29 is 33.4 Å². The van der Waals surface area contributed by atoms with Crippen LogP contribution in [0.25, 0.3) is 0 Å². The molecule has 4 nitrogen and oxygen atoms in total. The number of aryl methyl sites for hydroxylation is 2. The molecule has 0 amide bonds. The van der Waals surface area contributed by atoms with Crippen molar-refractivity contribution in [3.05, 3.63) is 40.6 Å². The third kappa shape index (κ3) is 4.27. The lowest BCUT2D eigenvalue weighted by molar-refractivity contribution is -0.780. The van der Waals surface area contributed by atoms with Crippen LogP contribution in [-0.2, 0) is 6.54 Å². The first kappa shape index (κ1) is 21.3. The number of methoxy groups -OCH3 is 1. The van der Waals surface area contributed by atoms with Crippen LogP contribution in [0.2, 0.25) is 0 Å². The van der Waals surface area contributed by atoms with E-state index in [1.807, 2.05) is 6.07 Å². The van der Waals surface area contributed by atoms with Crippen LogP contribution in [0.5, 0.6) is 5.75 Å². The molecule has 1 fully saturated rings. The molecule has 2 heterocycles. The third-order valence-electron chi connectivity index (χ3n) is 5.12. The van der Waals surface area contributed by atoms with E-state index in [2.05, 4.69) is 48.7 Å². The number of aromatic nitrogens is 2. The zero-order chi connectivity index (χ0) is 18.0. The van der Waals surface area contributed by atoms with Crippen LogP contribution in [0.4, 0.5) is 5.69 Å². The molecule has 3 rings (SSSR count). The molecule has 0 unspecified atom stereocenters. The van der Waals surface area contributed by atoms with Crippen molar-refractivity contribution in [1.29, 1.82) is 0 Å². The van der Waals surface area contributed by atoms with Crippen LogP contribution in [-0.4, -0.2) is 31.6 Å². The molecule has 1 aromatic carbocycles. The van der Waals surface area contributed by atoms with Gasteiger partial charge in [0.15, 0.2) is 0 Å². The molecule has 6 heteroatoms. The molecular formula is C20H28IN3OS. The van der Waals surface area contributed by atoms with Gasteiger partial charge in [-0.3, -0.25) is 0 Å². The Balaban J connectivity index is 0.00000243. The summed E-state index contributed by atoms with van der Waals surface area (Å²) in [6.45, 7) is 9.48. The number of nitrogens with zero attached hydrogens (tertiary/aromatic N) is 3. The molecule has 26 heavy (non-hydrogen) atoms. The quantitative estimate of drug-likeness (QED) is 0.354. The van der Waals surface area contributed by atoms with Crippen LogP contribution < -0.4 is 38.3 Å². The van der Waals surface area contributed by atoms with Gasteiger partial charge in [-0.15, -0.1) is 0 Å². The lowest BCUT2D eigenvalue weighted by Crippen LogP contribution is -3.00. The van der Waals surface area contributed by atoms with Gasteiger partial charge in [0.25, 0.3) is 5.03 Å². The summed E-state index contributed by atoms with van der Waals surface area (Å²) in [4.78, 5) is 2.47. The second-order valence-corrected chi connectivity index (χ2v) is 7.52. The van der Waals surface area contributed by atoms with Gasteiger partial charge in [-0.2, -0.15) is 0 Å². The number of halogens is 1. The number of ether oxygens (including phenoxy) is 1. The molecule has 0 saturated carbocycles. The number of thioether (sulfide) groups is 1. The summed E-state index contributed by atoms with van der Waals surface area (Å²) in [5.74, 6) is 0.942. The van der Waals surface area contributed by atoms with Crippen molar-refractivity contribution in [3.8, 4) is 5.75 Å². The molecule has 0 spiro atoms. The fraction of sp³-hybridized carbons (Fsp3) is 0.500. The Hall–Kier alpha value is -1.02. The van der Waals surface area contributed by atoms with Crippen molar-refractivity contribution in [2.24, 2.45) is 0 Å². The van der Waals surface area contributed by atoms with Gasteiger partial charge in [0.05, 0.1) is 12.8 Å². The fourth-order valence-electron chi connectivity index (χ4n) is 3.62. The summed E-state index contributed by atoms with van der Waals surface area (Å²) in [6.07, 6.45) is 4.69. The van der Waals surface area contributed by atoms with Gasteiger partial charge in [-0.1, -0.05) is 22.5 Å². The van der Waals surface area contributed by atoms with E-state index >= 15 is 0 Å². The molecule has 0 N–H and O–H groups in total.